The molecule has 0 spiro atoms. The second-order valence-corrected chi connectivity index (χ2v) is 5.79. The molecule has 1 heteroatoms. The van der Waals surface area contributed by atoms with Gasteiger partial charge in [-0.05, 0) is 35.9 Å². The largest absolute Gasteiger partial charge is 0.310 e. The Hall–Kier alpha value is -1.60. The van der Waals surface area contributed by atoms with Crippen LogP contribution in [0.4, 0.5) is 0 Å². The first kappa shape index (κ1) is 11.2. The third-order valence-corrected chi connectivity index (χ3v) is 4.79. The van der Waals surface area contributed by atoms with E-state index in [1.54, 1.807) is 0 Å². The Bertz CT molecular complexity index is 567. The highest BCUT2D eigenvalue weighted by atomic mass is 14.9. The average molecular weight is 249 g/mol. The fourth-order valence-electron chi connectivity index (χ4n) is 3.89. The quantitative estimate of drug-likeness (QED) is 0.742. The van der Waals surface area contributed by atoms with Gasteiger partial charge in [0, 0.05) is 12.0 Å². The molecule has 2 aliphatic carbocycles. The number of hydrogen-bond donors (Lipinski definition) is 1. The van der Waals surface area contributed by atoms with Crippen molar-refractivity contribution in [3.8, 4) is 0 Å². The molecule has 1 nitrogen and oxygen atoms in total. The molecule has 4 atom stereocenters. The Morgan fingerprint density at radius 1 is 1.00 bits per heavy atom. The molecule has 0 amide bonds. The van der Waals surface area contributed by atoms with Gasteiger partial charge in [0.15, 0.2) is 0 Å². The summed E-state index contributed by atoms with van der Waals surface area (Å²) in [7, 11) is 0. The Morgan fingerprint density at radius 3 is 2.89 bits per heavy atom. The number of allylic oxidation sites excluding steroid dienone is 4. The maximum atomic E-state index is 3.73. The Kier molecular flexibility index (Phi) is 2.66. The first-order valence-corrected chi connectivity index (χ1v) is 7.29. The van der Waals surface area contributed by atoms with E-state index in [0.29, 0.717) is 23.8 Å². The second kappa shape index (κ2) is 4.50. The molecular weight excluding hydrogens is 230 g/mol. The highest BCUT2D eigenvalue weighted by molar-refractivity contribution is 5.60. The summed E-state index contributed by atoms with van der Waals surface area (Å²) >= 11 is 0. The SMILES string of the molecule is C1=CC2CCNC3C=Cc4ccccc4C3C2C=C1. The fourth-order valence-corrected chi connectivity index (χ4v) is 3.89. The van der Waals surface area contributed by atoms with Gasteiger partial charge in [-0.25, -0.2) is 0 Å². The number of hydrogen-bond acceptors (Lipinski definition) is 1. The maximum absolute atomic E-state index is 3.73. The maximum Gasteiger partial charge on any atom is 0.0328 e. The van der Waals surface area contributed by atoms with Gasteiger partial charge in [0.25, 0.3) is 0 Å². The minimum Gasteiger partial charge on any atom is -0.310 e. The van der Waals surface area contributed by atoms with E-state index in [-0.39, 0.29) is 0 Å². The van der Waals surface area contributed by atoms with E-state index in [1.165, 1.54) is 17.5 Å². The third-order valence-electron chi connectivity index (χ3n) is 4.79. The van der Waals surface area contributed by atoms with Gasteiger partial charge in [0.05, 0.1) is 0 Å². The summed E-state index contributed by atoms with van der Waals surface area (Å²) in [6, 6.07) is 9.36. The topological polar surface area (TPSA) is 12.0 Å². The van der Waals surface area contributed by atoms with Crippen LogP contribution in [0.1, 0.15) is 23.5 Å². The lowest BCUT2D eigenvalue weighted by Crippen LogP contribution is -2.36. The number of fused-ring (bicyclic) bond motifs is 5. The van der Waals surface area contributed by atoms with Crippen LogP contribution in [0, 0.1) is 11.8 Å². The van der Waals surface area contributed by atoms with Crippen LogP contribution in [-0.2, 0) is 0 Å². The lowest BCUT2D eigenvalue weighted by molar-refractivity contribution is 0.384. The molecule has 1 aromatic rings. The van der Waals surface area contributed by atoms with Crippen molar-refractivity contribution in [1.82, 2.24) is 5.32 Å². The summed E-state index contributed by atoms with van der Waals surface area (Å²) in [6.07, 6.45) is 15.2. The normalized spacial score (nSPS) is 35.2. The predicted molar refractivity (Wildman–Crippen MR) is 79.9 cm³/mol. The molecule has 1 saturated heterocycles. The molecule has 1 fully saturated rings. The van der Waals surface area contributed by atoms with Gasteiger partial charge in [-0.2, -0.15) is 0 Å². The first-order valence-electron chi connectivity index (χ1n) is 7.29. The summed E-state index contributed by atoms with van der Waals surface area (Å²) in [5, 5.41) is 3.73. The van der Waals surface area contributed by atoms with Crippen LogP contribution in [0.2, 0.25) is 0 Å². The summed E-state index contributed by atoms with van der Waals surface area (Å²) in [5.41, 5.74) is 2.91. The van der Waals surface area contributed by atoms with Crippen molar-refractivity contribution >= 4 is 6.08 Å². The van der Waals surface area contributed by atoms with Crippen LogP contribution >= 0.6 is 0 Å². The Labute approximate surface area is 114 Å². The molecule has 96 valence electrons. The van der Waals surface area contributed by atoms with Crippen molar-refractivity contribution < 1.29 is 0 Å². The molecule has 0 aromatic heterocycles. The Balaban J connectivity index is 1.83. The minimum absolute atomic E-state index is 0.487. The van der Waals surface area contributed by atoms with Crippen molar-refractivity contribution in [3.63, 3.8) is 0 Å². The molecule has 1 aliphatic heterocycles. The van der Waals surface area contributed by atoms with Gasteiger partial charge in [0.2, 0.25) is 0 Å². The zero-order valence-electron chi connectivity index (χ0n) is 11.0. The van der Waals surface area contributed by atoms with Crippen LogP contribution < -0.4 is 5.32 Å². The van der Waals surface area contributed by atoms with E-state index >= 15 is 0 Å². The molecule has 0 saturated carbocycles. The number of benzene rings is 1. The van der Waals surface area contributed by atoms with E-state index in [4.69, 9.17) is 0 Å². The molecule has 1 heterocycles. The Morgan fingerprint density at radius 2 is 1.89 bits per heavy atom. The molecular formula is C18H19N. The summed E-state index contributed by atoms with van der Waals surface area (Å²) in [4.78, 5) is 0. The van der Waals surface area contributed by atoms with Crippen molar-refractivity contribution in [2.45, 2.75) is 18.4 Å². The highest BCUT2D eigenvalue weighted by Crippen LogP contribution is 2.43. The van der Waals surface area contributed by atoms with Crippen molar-refractivity contribution in [2.24, 2.45) is 11.8 Å². The van der Waals surface area contributed by atoms with Gasteiger partial charge >= 0.3 is 0 Å². The molecule has 4 rings (SSSR count). The zero-order valence-corrected chi connectivity index (χ0v) is 11.0. The van der Waals surface area contributed by atoms with Gasteiger partial charge in [0.1, 0.15) is 0 Å². The van der Waals surface area contributed by atoms with Crippen molar-refractivity contribution in [1.29, 1.82) is 0 Å². The predicted octanol–water partition coefficient (Wildman–Crippen LogP) is 3.52. The van der Waals surface area contributed by atoms with E-state index in [9.17, 15) is 0 Å². The number of nitrogens with one attached hydrogen (secondary N) is 1. The second-order valence-electron chi connectivity index (χ2n) is 5.79. The van der Waals surface area contributed by atoms with Gasteiger partial charge in [-0.15, -0.1) is 0 Å². The molecule has 4 unspecified atom stereocenters. The number of rotatable bonds is 0. The van der Waals surface area contributed by atoms with Gasteiger partial charge in [-0.1, -0.05) is 60.7 Å². The van der Waals surface area contributed by atoms with Gasteiger partial charge < -0.3 is 5.32 Å². The lowest BCUT2D eigenvalue weighted by Gasteiger charge is -2.36. The van der Waals surface area contributed by atoms with Crippen LogP contribution in [0.5, 0.6) is 0 Å². The standard InChI is InChI=1S/C18H19N/c1-3-7-15-13(5-1)9-10-17-18(15)16-8-4-2-6-14(16)11-12-19-17/h1-10,14,16-19H,11-12H2. The van der Waals surface area contributed by atoms with Crippen LogP contribution in [0.3, 0.4) is 0 Å². The monoisotopic (exact) mass is 249 g/mol. The zero-order chi connectivity index (χ0) is 12.7. The van der Waals surface area contributed by atoms with E-state index in [0.717, 1.165) is 6.54 Å². The highest BCUT2D eigenvalue weighted by Gasteiger charge is 2.37. The molecule has 1 aromatic carbocycles. The van der Waals surface area contributed by atoms with Crippen molar-refractivity contribution in [2.75, 3.05) is 6.54 Å². The smallest absolute Gasteiger partial charge is 0.0328 e. The van der Waals surface area contributed by atoms with Crippen LogP contribution in [-0.4, -0.2) is 12.6 Å². The molecule has 19 heavy (non-hydrogen) atoms. The third kappa shape index (κ3) is 1.81. The minimum atomic E-state index is 0.487. The molecule has 0 radical (unpaired) electrons. The molecule has 1 N–H and O–H groups in total. The first-order chi connectivity index (χ1) is 9.43. The summed E-state index contributed by atoms with van der Waals surface area (Å²) < 4.78 is 0. The average Bonchev–Trinajstić information content (AvgIpc) is 2.66. The lowest BCUT2D eigenvalue weighted by atomic mass is 9.70. The van der Waals surface area contributed by atoms with E-state index in [2.05, 4.69) is 66.0 Å². The summed E-state index contributed by atoms with van der Waals surface area (Å²) in [6.45, 7) is 1.12. The van der Waals surface area contributed by atoms with Crippen LogP contribution in [0.25, 0.3) is 6.08 Å². The molecule has 0 bridgehead atoms. The van der Waals surface area contributed by atoms with Gasteiger partial charge in [-0.3, -0.25) is 0 Å². The summed E-state index contributed by atoms with van der Waals surface area (Å²) in [5.74, 6) is 1.90. The van der Waals surface area contributed by atoms with Crippen molar-refractivity contribution in [3.05, 3.63) is 65.8 Å². The van der Waals surface area contributed by atoms with E-state index in [1.807, 2.05) is 0 Å². The van der Waals surface area contributed by atoms with E-state index < -0.39 is 0 Å². The fraction of sp³-hybridized carbons (Fsp3) is 0.333. The van der Waals surface area contributed by atoms with Crippen LogP contribution in [0.15, 0.2) is 54.6 Å². The molecule has 3 aliphatic rings.